The monoisotopic (exact) mass is 450 g/mol. The van der Waals surface area contributed by atoms with E-state index in [1.165, 1.54) is 6.07 Å². The number of nitrogens with zero attached hydrogens (tertiary/aromatic N) is 1. The van der Waals surface area contributed by atoms with Gasteiger partial charge in [-0.3, -0.25) is 9.59 Å². The Morgan fingerprint density at radius 3 is 2.23 bits per heavy atom. The van der Waals surface area contributed by atoms with Crippen LogP contribution in [0.4, 0.5) is 13.2 Å². The predicted octanol–water partition coefficient (Wildman–Crippen LogP) is 2.56. The van der Waals surface area contributed by atoms with Crippen LogP contribution in [0.25, 0.3) is 0 Å². The molecule has 1 aromatic rings. The average Bonchev–Trinajstić information content (AvgIpc) is 2.64. The summed E-state index contributed by atoms with van der Waals surface area (Å²) in [6.45, 7) is 4.64. The van der Waals surface area contributed by atoms with Gasteiger partial charge in [-0.15, -0.1) is 0 Å². The molecule has 0 aliphatic carbocycles. The van der Waals surface area contributed by atoms with Gasteiger partial charge < -0.3 is 10.1 Å². The van der Waals surface area contributed by atoms with Crippen LogP contribution < -0.4 is 5.32 Å². The molecule has 30 heavy (non-hydrogen) atoms. The molecule has 168 valence electrons. The van der Waals surface area contributed by atoms with E-state index < -0.39 is 56.6 Å². The zero-order valence-corrected chi connectivity index (χ0v) is 17.8. The van der Waals surface area contributed by atoms with Crippen LogP contribution in [-0.4, -0.2) is 49.8 Å². The first-order valence-electron chi connectivity index (χ1n) is 9.36. The van der Waals surface area contributed by atoms with Gasteiger partial charge in [0.05, 0.1) is 16.4 Å². The number of nitrogens with one attached hydrogen (secondary N) is 1. The number of piperidine rings is 1. The number of hydrogen-bond donors (Lipinski definition) is 1. The van der Waals surface area contributed by atoms with E-state index in [0.717, 1.165) is 22.5 Å². The molecule has 2 rings (SSSR count). The van der Waals surface area contributed by atoms with E-state index in [0.29, 0.717) is 0 Å². The van der Waals surface area contributed by atoms with Crippen molar-refractivity contribution in [2.75, 3.05) is 19.7 Å². The Balaban J connectivity index is 1.99. The van der Waals surface area contributed by atoms with Crippen LogP contribution in [0.15, 0.2) is 29.2 Å². The molecule has 0 saturated carbocycles. The van der Waals surface area contributed by atoms with Crippen molar-refractivity contribution in [3.8, 4) is 0 Å². The zero-order valence-electron chi connectivity index (χ0n) is 17.0. The fraction of sp³-hybridized carbons (Fsp3) is 0.579. The van der Waals surface area contributed by atoms with Crippen molar-refractivity contribution in [2.24, 2.45) is 5.92 Å². The number of rotatable bonds is 5. The molecule has 0 atom stereocenters. The lowest BCUT2D eigenvalue weighted by Gasteiger charge is -2.30. The number of alkyl halides is 3. The van der Waals surface area contributed by atoms with Gasteiger partial charge in [-0.2, -0.15) is 17.5 Å². The summed E-state index contributed by atoms with van der Waals surface area (Å²) >= 11 is 0. The first-order valence-corrected chi connectivity index (χ1v) is 10.8. The summed E-state index contributed by atoms with van der Waals surface area (Å²) < 4.78 is 71.0. The van der Waals surface area contributed by atoms with Crippen LogP contribution in [0.5, 0.6) is 0 Å². The largest absolute Gasteiger partial charge is 0.455 e. The average molecular weight is 450 g/mol. The first-order chi connectivity index (χ1) is 13.7. The van der Waals surface area contributed by atoms with Gasteiger partial charge >= 0.3 is 12.1 Å². The molecule has 1 aromatic carbocycles. The summed E-state index contributed by atoms with van der Waals surface area (Å²) in [5.74, 6) is -1.72. The second kappa shape index (κ2) is 8.93. The van der Waals surface area contributed by atoms with Crippen LogP contribution in [0.1, 0.15) is 39.2 Å². The van der Waals surface area contributed by atoms with Crippen molar-refractivity contribution < 1.29 is 35.9 Å². The first kappa shape index (κ1) is 24.1. The number of amides is 1. The summed E-state index contributed by atoms with van der Waals surface area (Å²) in [5.41, 5.74) is -1.70. The summed E-state index contributed by atoms with van der Waals surface area (Å²) in [6, 6.07) is 4.00. The number of ether oxygens (including phenoxy) is 1. The van der Waals surface area contributed by atoms with E-state index in [1.807, 2.05) is 0 Å². The SMILES string of the molecule is CC(C)(C)NC(=O)COC(=O)C1CCN(S(=O)(=O)c2ccccc2C(F)(F)F)CC1. The van der Waals surface area contributed by atoms with E-state index in [4.69, 9.17) is 4.74 Å². The number of sulfonamides is 1. The smallest absolute Gasteiger partial charge is 0.417 e. The Labute approximate surface area is 173 Å². The van der Waals surface area contributed by atoms with Crippen molar-refractivity contribution >= 4 is 21.9 Å². The van der Waals surface area contributed by atoms with E-state index in [2.05, 4.69) is 5.32 Å². The lowest BCUT2D eigenvalue weighted by Crippen LogP contribution is -2.44. The second-order valence-electron chi connectivity index (χ2n) is 8.08. The topological polar surface area (TPSA) is 92.8 Å². The molecule has 1 saturated heterocycles. The van der Waals surface area contributed by atoms with Gasteiger partial charge in [-0.25, -0.2) is 8.42 Å². The standard InChI is InChI=1S/C19H25F3N2O5S/c1-18(2,3)23-16(25)12-29-17(26)13-8-10-24(11-9-13)30(27,28)15-7-5-4-6-14(15)19(20,21)22/h4-7,13H,8-12H2,1-3H3,(H,23,25). The molecule has 0 bridgehead atoms. The summed E-state index contributed by atoms with van der Waals surface area (Å²) in [5, 5.41) is 2.64. The zero-order chi connectivity index (χ0) is 22.7. The summed E-state index contributed by atoms with van der Waals surface area (Å²) in [4.78, 5) is 23.1. The summed E-state index contributed by atoms with van der Waals surface area (Å²) in [6.07, 6.45) is -4.63. The van der Waals surface area contributed by atoms with E-state index in [9.17, 15) is 31.2 Å². The quantitative estimate of drug-likeness (QED) is 0.696. The maximum Gasteiger partial charge on any atom is 0.417 e. The number of esters is 1. The number of benzene rings is 1. The highest BCUT2D eigenvalue weighted by Gasteiger charge is 2.40. The Kier molecular flexibility index (Phi) is 7.18. The molecule has 0 spiro atoms. The van der Waals surface area contributed by atoms with Gasteiger partial charge in [0.1, 0.15) is 0 Å². The van der Waals surface area contributed by atoms with Crippen molar-refractivity contribution in [3.63, 3.8) is 0 Å². The van der Waals surface area contributed by atoms with Crippen LogP contribution >= 0.6 is 0 Å². The highest BCUT2D eigenvalue weighted by atomic mass is 32.2. The van der Waals surface area contributed by atoms with Crippen molar-refractivity contribution in [1.82, 2.24) is 9.62 Å². The molecule has 1 amide bonds. The van der Waals surface area contributed by atoms with Crippen LogP contribution in [-0.2, 0) is 30.5 Å². The van der Waals surface area contributed by atoms with Gasteiger partial charge in [0.2, 0.25) is 10.0 Å². The molecule has 1 aliphatic heterocycles. The highest BCUT2D eigenvalue weighted by Crippen LogP contribution is 2.36. The number of halogens is 3. The molecular formula is C19H25F3N2O5S. The molecule has 7 nitrogen and oxygen atoms in total. The van der Waals surface area contributed by atoms with Gasteiger partial charge in [0, 0.05) is 18.6 Å². The van der Waals surface area contributed by atoms with Crippen LogP contribution in [0.3, 0.4) is 0 Å². The van der Waals surface area contributed by atoms with Gasteiger partial charge in [-0.05, 0) is 45.7 Å². The lowest BCUT2D eigenvalue weighted by molar-refractivity contribution is -0.154. The van der Waals surface area contributed by atoms with Gasteiger partial charge in [-0.1, -0.05) is 12.1 Å². The fourth-order valence-corrected chi connectivity index (χ4v) is 4.79. The second-order valence-corrected chi connectivity index (χ2v) is 9.98. The molecule has 1 aliphatic rings. The Hall–Kier alpha value is -2.14. The molecule has 0 unspecified atom stereocenters. The normalized spacial score (nSPS) is 16.9. The molecule has 11 heteroatoms. The molecule has 0 aromatic heterocycles. The maximum absolute atomic E-state index is 13.2. The Bertz CT molecular complexity index is 886. The summed E-state index contributed by atoms with van der Waals surface area (Å²) in [7, 11) is -4.37. The molecular weight excluding hydrogens is 425 g/mol. The number of hydrogen-bond acceptors (Lipinski definition) is 5. The molecule has 0 radical (unpaired) electrons. The Morgan fingerprint density at radius 2 is 1.70 bits per heavy atom. The minimum atomic E-state index is -4.81. The fourth-order valence-electron chi connectivity index (χ4n) is 3.11. The third-order valence-corrected chi connectivity index (χ3v) is 6.41. The Morgan fingerprint density at radius 1 is 1.13 bits per heavy atom. The molecule has 1 fully saturated rings. The van der Waals surface area contributed by atoms with Gasteiger partial charge in [0.15, 0.2) is 6.61 Å². The lowest BCUT2D eigenvalue weighted by atomic mass is 9.98. The van der Waals surface area contributed by atoms with E-state index in [-0.39, 0.29) is 25.9 Å². The van der Waals surface area contributed by atoms with Crippen LogP contribution in [0.2, 0.25) is 0 Å². The molecule has 1 heterocycles. The van der Waals surface area contributed by atoms with Gasteiger partial charge in [0.25, 0.3) is 5.91 Å². The number of carbonyl (C=O) groups excluding carboxylic acids is 2. The third kappa shape index (κ3) is 6.18. The van der Waals surface area contributed by atoms with E-state index >= 15 is 0 Å². The van der Waals surface area contributed by atoms with Crippen molar-refractivity contribution in [3.05, 3.63) is 29.8 Å². The van der Waals surface area contributed by atoms with Crippen LogP contribution in [0, 0.1) is 5.92 Å². The minimum absolute atomic E-state index is 0.0904. The van der Waals surface area contributed by atoms with Crippen molar-refractivity contribution in [1.29, 1.82) is 0 Å². The highest BCUT2D eigenvalue weighted by molar-refractivity contribution is 7.89. The molecule has 1 N–H and O–H groups in total. The van der Waals surface area contributed by atoms with Crippen molar-refractivity contribution in [2.45, 2.75) is 50.2 Å². The maximum atomic E-state index is 13.2. The third-order valence-electron chi connectivity index (χ3n) is 4.46. The number of carbonyl (C=O) groups is 2. The predicted molar refractivity (Wildman–Crippen MR) is 102 cm³/mol. The van der Waals surface area contributed by atoms with E-state index in [1.54, 1.807) is 20.8 Å². The minimum Gasteiger partial charge on any atom is -0.455 e.